The predicted octanol–water partition coefficient (Wildman–Crippen LogP) is 3.94. The minimum absolute atomic E-state index is 0.128. The van der Waals surface area contributed by atoms with Gasteiger partial charge in [0.05, 0.1) is 9.90 Å². The second kappa shape index (κ2) is 4.66. The highest BCUT2D eigenvalue weighted by atomic mass is 35.5. The van der Waals surface area contributed by atoms with Crippen LogP contribution >= 0.6 is 22.9 Å². The van der Waals surface area contributed by atoms with E-state index in [1.54, 1.807) is 0 Å². The van der Waals surface area contributed by atoms with Crippen LogP contribution in [0.15, 0.2) is 24.4 Å². The maximum atomic E-state index is 12.0. The van der Waals surface area contributed by atoms with Gasteiger partial charge in [-0.2, -0.15) is 0 Å². The molecule has 1 aromatic carbocycles. The number of nitrogens with two attached hydrogens (primary N) is 1. The molecular weight excluding hydrogens is 289 g/mol. The van der Waals surface area contributed by atoms with Crippen molar-refractivity contribution < 1.29 is 17.9 Å². The van der Waals surface area contributed by atoms with Crippen molar-refractivity contribution in [3.63, 3.8) is 0 Å². The lowest BCUT2D eigenvalue weighted by atomic mass is 10.2. The molecule has 0 spiro atoms. The number of thiazole rings is 1. The fourth-order valence-corrected chi connectivity index (χ4v) is 2.18. The van der Waals surface area contributed by atoms with Crippen LogP contribution in [0.1, 0.15) is 0 Å². The molecule has 0 atom stereocenters. The minimum Gasteiger partial charge on any atom is -0.404 e. The molecule has 0 bridgehead atoms. The zero-order valence-corrected chi connectivity index (χ0v) is 10.2. The number of nitrogens with zero attached hydrogens (tertiary/aromatic N) is 1. The van der Waals surface area contributed by atoms with Gasteiger partial charge >= 0.3 is 6.36 Å². The molecule has 2 N–H and O–H groups in total. The van der Waals surface area contributed by atoms with Crippen LogP contribution in [-0.2, 0) is 0 Å². The molecule has 2 rings (SSSR count). The van der Waals surface area contributed by atoms with Gasteiger partial charge in [0, 0.05) is 6.20 Å². The van der Waals surface area contributed by atoms with E-state index in [0.717, 1.165) is 6.07 Å². The van der Waals surface area contributed by atoms with Crippen LogP contribution < -0.4 is 10.5 Å². The third kappa shape index (κ3) is 3.05. The number of aromatic nitrogens is 1. The molecule has 0 amide bonds. The molecule has 1 heterocycles. The first kappa shape index (κ1) is 13.0. The Labute approximate surface area is 109 Å². The Morgan fingerprint density at radius 3 is 2.56 bits per heavy atom. The molecule has 18 heavy (non-hydrogen) atoms. The van der Waals surface area contributed by atoms with E-state index in [1.807, 2.05) is 0 Å². The normalized spacial score (nSPS) is 11.6. The van der Waals surface area contributed by atoms with Crippen LogP contribution in [0, 0.1) is 0 Å². The first-order valence-corrected chi connectivity index (χ1v) is 5.81. The molecule has 8 heteroatoms. The van der Waals surface area contributed by atoms with Gasteiger partial charge in [0.1, 0.15) is 5.75 Å². The lowest BCUT2D eigenvalue weighted by Gasteiger charge is -2.10. The van der Waals surface area contributed by atoms with Crippen LogP contribution in [0.3, 0.4) is 0 Å². The van der Waals surface area contributed by atoms with Gasteiger partial charge in [-0.25, -0.2) is 4.98 Å². The molecule has 0 radical (unpaired) electrons. The number of benzene rings is 1. The molecule has 3 nitrogen and oxygen atoms in total. The zero-order valence-electron chi connectivity index (χ0n) is 8.66. The number of nitrogen functional groups attached to an aromatic ring is 1. The first-order chi connectivity index (χ1) is 8.35. The Morgan fingerprint density at radius 2 is 2.06 bits per heavy atom. The molecule has 0 aliphatic heterocycles. The Bertz CT molecular complexity index is 570. The van der Waals surface area contributed by atoms with Crippen molar-refractivity contribution in [1.29, 1.82) is 0 Å². The fourth-order valence-electron chi connectivity index (χ4n) is 1.28. The summed E-state index contributed by atoms with van der Waals surface area (Å²) in [6.07, 6.45) is -3.24. The lowest BCUT2D eigenvalue weighted by Crippen LogP contribution is -2.17. The fraction of sp³-hybridized carbons (Fsp3) is 0.100. The highest BCUT2D eigenvalue weighted by Crippen LogP contribution is 2.35. The van der Waals surface area contributed by atoms with E-state index in [0.29, 0.717) is 15.6 Å². The summed E-state index contributed by atoms with van der Waals surface area (Å²) in [4.78, 5) is 4.56. The van der Waals surface area contributed by atoms with Crippen molar-refractivity contribution >= 4 is 28.1 Å². The molecular formula is C10H6ClF3N2OS. The van der Waals surface area contributed by atoms with Gasteiger partial charge in [0.25, 0.3) is 0 Å². The first-order valence-electron chi connectivity index (χ1n) is 4.62. The standard InChI is InChI=1S/C10H6ClF3N2OS/c11-6-3-5(8-4-16-9(15)18-8)1-2-7(6)17-10(12,13)14/h1-4H,(H2,15,16). The van der Waals surface area contributed by atoms with Crippen molar-refractivity contribution in [2.75, 3.05) is 5.73 Å². The summed E-state index contributed by atoms with van der Waals surface area (Å²) >= 11 is 6.93. The van der Waals surface area contributed by atoms with Gasteiger partial charge in [-0.05, 0) is 23.8 Å². The van der Waals surface area contributed by atoms with E-state index in [4.69, 9.17) is 17.3 Å². The van der Waals surface area contributed by atoms with Gasteiger partial charge in [0.15, 0.2) is 5.13 Å². The van der Waals surface area contributed by atoms with Gasteiger partial charge in [-0.1, -0.05) is 22.9 Å². The molecule has 2 aromatic rings. The van der Waals surface area contributed by atoms with E-state index >= 15 is 0 Å². The van der Waals surface area contributed by atoms with Gasteiger partial charge in [-0.3, -0.25) is 0 Å². The highest BCUT2D eigenvalue weighted by Gasteiger charge is 2.32. The average molecular weight is 295 g/mol. The van der Waals surface area contributed by atoms with Crippen LogP contribution in [0.2, 0.25) is 5.02 Å². The van der Waals surface area contributed by atoms with Gasteiger partial charge in [-0.15, -0.1) is 13.2 Å². The van der Waals surface area contributed by atoms with Crippen LogP contribution in [0.25, 0.3) is 10.4 Å². The number of rotatable bonds is 2. The van der Waals surface area contributed by atoms with Crippen molar-refractivity contribution in [2.45, 2.75) is 6.36 Å². The van der Waals surface area contributed by atoms with E-state index in [9.17, 15) is 13.2 Å². The summed E-state index contributed by atoms with van der Waals surface area (Å²) in [5, 5.41) is 0.244. The SMILES string of the molecule is Nc1ncc(-c2ccc(OC(F)(F)F)c(Cl)c2)s1. The molecule has 0 unspecified atom stereocenters. The largest absolute Gasteiger partial charge is 0.573 e. The van der Waals surface area contributed by atoms with Crippen molar-refractivity contribution in [3.8, 4) is 16.2 Å². The highest BCUT2D eigenvalue weighted by molar-refractivity contribution is 7.18. The molecule has 0 saturated carbocycles. The summed E-state index contributed by atoms with van der Waals surface area (Å²) in [7, 11) is 0. The Hall–Kier alpha value is -1.47. The number of hydrogen-bond acceptors (Lipinski definition) is 4. The molecule has 0 fully saturated rings. The Morgan fingerprint density at radius 1 is 1.33 bits per heavy atom. The monoisotopic (exact) mass is 294 g/mol. The topological polar surface area (TPSA) is 48.1 Å². The number of hydrogen-bond donors (Lipinski definition) is 1. The van der Waals surface area contributed by atoms with Crippen molar-refractivity contribution in [3.05, 3.63) is 29.4 Å². The minimum atomic E-state index is -4.76. The van der Waals surface area contributed by atoms with Crippen molar-refractivity contribution in [2.24, 2.45) is 0 Å². The number of anilines is 1. The second-order valence-electron chi connectivity index (χ2n) is 3.26. The van der Waals surface area contributed by atoms with Gasteiger partial charge in [0.2, 0.25) is 0 Å². The smallest absolute Gasteiger partial charge is 0.404 e. The van der Waals surface area contributed by atoms with Crippen LogP contribution in [0.5, 0.6) is 5.75 Å². The van der Waals surface area contributed by atoms with E-state index < -0.39 is 12.1 Å². The third-order valence-corrected chi connectivity index (χ3v) is 3.14. The summed E-state index contributed by atoms with van der Waals surface area (Å²) in [6.45, 7) is 0. The summed E-state index contributed by atoms with van der Waals surface area (Å²) in [5.41, 5.74) is 6.10. The molecule has 0 saturated heterocycles. The van der Waals surface area contributed by atoms with Crippen LogP contribution in [0.4, 0.5) is 18.3 Å². The maximum absolute atomic E-state index is 12.0. The summed E-state index contributed by atoms with van der Waals surface area (Å²) < 4.78 is 39.9. The molecule has 96 valence electrons. The van der Waals surface area contributed by atoms with E-state index in [1.165, 1.54) is 29.7 Å². The quantitative estimate of drug-likeness (QED) is 0.912. The van der Waals surface area contributed by atoms with Crippen molar-refractivity contribution in [1.82, 2.24) is 4.98 Å². The van der Waals surface area contributed by atoms with E-state index in [-0.39, 0.29) is 5.02 Å². The Kier molecular flexibility index (Phi) is 3.36. The van der Waals surface area contributed by atoms with Crippen LogP contribution in [-0.4, -0.2) is 11.3 Å². The van der Waals surface area contributed by atoms with E-state index in [2.05, 4.69) is 9.72 Å². The summed E-state index contributed by atoms with van der Waals surface area (Å²) in [6, 6.07) is 3.98. The zero-order chi connectivity index (χ0) is 13.3. The summed E-state index contributed by atoms with van der Waals surface area (Å²) in [5.74, 6) is -0.439. The van der Waals surface area contributed by atoms with Gasteiger partial charge < -0.3 is 10.5 Å². The Balaban J connectivity index is 2.30. The average Bonchev–Trinajstić information content (AvgIpc) is 2.66. The number of halogens is 4. The predicted molar refractivity (Wildman–Crippen MR) is 63.7 cm³/mol. The molecule has 0 aliphatic carbocycles. The third-order valence-electron chi connectivity index (χ3n) is 1.97. The number of ether oxygens (including phenoxy) is 1. The maximum Gasteiger partial charge on any atom is 0.573 e. The molecule has 1 aromatic heterocycles. The number of alkyl halides is 3. The molecule has 0 aliphatic rings. The second-order valence-corrected chi connectivity index (χ2v) is 4.73. The lowest BCUT2D eigenvalue weighted by molar-refractivity contribution is -0.274.